The van der Waals surface area contributed by atoms with Crippen LogP contribution in [0, 0.1) is 0 Å². The zero-order valence-corrected chi connectivity index (χ0v) is 12.8. The van der Waals surface area contributed by atoms with E-state index in [2.05, 4.69) is 10.1 Å². The summed E-state index contributed by atoms with van der Waals surface area (Å²) >= 11 is 0. The third kappa shape index (κ3) is 6.13. The molecule has 1 aliphatic rings. The van der Waals surface area contributed by atoms with E-state index < -0.39 is 6.61 Å². The van der Waals surface area contributed by atoms with Gasteiger partial charge in [-0.15, -0.1) is 12.4 Å². The van der Waals surface area contributed by atoms with Crippen molar-refractivity contribution in [1.82, 2.24) is 4.90 Å². The maximum Gasteiger partial charge on any atom is 0.387 e. The Bertz CT molecular complexity index is 466. The third-order valence-electron chi connectivity index (χ3n) is 3.36. The molecular formula is C14H20ClF2N3O2. The van der Waals surface area contributed by atoms with E-state index in [0.29, 0.717) is 12.2 Å². The number of rotatable bonds is 5. The number of piperidine rings is 1. The molecule has 1 amide bonds. The Kier molecular flexibility index (Phi) is 7.50. The molecule has 8 heteroatoms. The molecule has 0 bridgehead atoms. The van der Waals surface area contributed by atoms with Gasteiger partial charge in [-0.3, -0.25) is 9.69 Å². The van der Waals surface area contributed by atoms with Crippen LogP contribution in [-0.4, -0.2) is 43.1 Å². The van der Waals surface area contributed by atoms with Gasteiger partial charge in [-0.05, 0) is 37.1 Å². The minimum Gasteiger partial charge on any atom is -0.435 e. The predicted molar refractivity (Wildman–Crippen MR) is 82.6 cm³/mol. The van der Waals surface area contributed by atoms with Gasteiger partial charge in [0.05, 0.1) is 6.54 Å². The van der Waals surface area contributed by atoms with Crippen LogP contribution in [0.1, 0.15) is 12.8 Å². The lowest BCUT2D eigenvalue weighted by molar-refractivity contribution is -0.117. The Morgan fingerprint density at radius 3 is 2.45 bits per heavy atom. The third-order valence-corrected chi connectivity index (χ3v) is 3.36. The molecule has 1 aliphatic heterocycles. The van der Waals surface area contributed by atoms with Gasteiger partial charge in [0.1, 0.15) is 5.75 Å². The molecule has 1 aromatic carbocycles. The molecule has 0 unspecified atom stereocenters. The molecular weight excluding hydrogens is 316 g/mol. The van der Waals surface area contributed by atoms with Crippen molar-refractivity contribution in [3.05, 3.63) is 24.3 Å². The number of hydrogen-bond donors (Lipinski definition) is 2. The highest BCUT2D eigenvalue weighted by Crippen LogP contribution is 2.17. The molecule has 5 nitrogen and oxygen atoms in total. The Hall–Kier alpha value is -1.44. The molecule has 0 saturated carbocycles. The molecule has 1 saturated heterocycles. The summed E-state index contributed by atoms with van der Waals surface area (Å²) in [6, 6.07) is 6.07. The number of likely N-dealkylation sites (tertiary alicyclic amines) is 1. The molecule has 1 heterocycles. The number of ether oxygens (including phenoxy) is 1. The Morgan fingerprint density at radius 2 is 1.91 bits per heavy atom. The number of nitrogens with two attached hydrogens (primary N) is 1. The van der Waals surface area contributed by atoms with E-state index in [9.17, 15) is 13.6 Å². The molecule has 0 aliphatic carbocycles. The molecule has 2 rings (SSSR count). The van der Waals surface area contributed by atoms with E-state index in [1.807, 2.05) is 4.90 Å². The minimum absolute atomic E-state index is 0. The van der Waals surface area contributed by atoms with Crippen molar-refractivity contribution in [2.24, 2.45) is 5.73 Å². The topological polar surface area (TPSA) is 67.6 Å². The molecule has 124 valence electrons. The maximum absolute atomic E-state index is 12.0. The number of hydrogen-bond acceptors (Lipinski definition) is 4. The lowest BCUT2D eigenvalue weighted by Crippen LogP contribution is -2.43. The predicted octanol–water partition coefficient (Wildman–Crippen LogP) is 2.07. The zero-order valence-electron chi connectivity index (χ0n) is 12.0. The second-order valence-corrected chi connectivity index (χ2v) is 5.06. The summed E-state index contributed by atoms with van der Waals surface area (Å²) in [4.78, 5) is 13.9. The van der Waals surface area contributed by atoms with Crippen LogP contribution in [0.4, 0.5) is 14.5 Å². The van der Waals surface area contributed by atoms with Gasteiger partial charge in [0.25, 0.3) is 0 Å². The van der Waals surface area contributed by atoms with E-state index in [0.717, 1.165) is 25.9 Å². The number of anilines is 1. The summed E-state index contributed by atoms with van der Waals surface area (Å²) in [6.45, 7) is -0.913. The van der Waals surface area contributed by atoms with E-state index in [4.69, 9.17) is 5.73 Å². The average molecular weight is 336 g/mol. The van der Waals surface area contributed by atoms with Crippen molar-refractivity contribution in [1.29, 1.82) is 0 Å². The van der Waals surface area contributed by atoms with Gasteiger partial charge < -0.3 is 15.8 Å². The van der Waals surface area contributed by atoms with Crippen LogP contribution >= 0.6 is 12.4 Å². The molecule has 0 atom stereocenters. The standard InChI is InChI=1S/C14H19F2N3O2.ClH/c15-14(16)21-12-3-1-11(2-4-12)18-13(20)9-19-7-5-10(17)6-8-19;/h1-4,10,14H,5-9,17H2,(H,18,20);1H. The first-order valence-electron chi connectivity index (χ1n) is 6.85. The number of amides is 1. The zero-order chi connectivity index (χ0) is 15.2. The van der Waals surface area contributed by atoms with E-state index in [1.54, 1.807) is 0 Å². The number of carbonyl (C=O) groups is 1. The van der Waals surface area contributed by atoms with Gasteiger partial charge in [0, 0.05) is 24.8 Å². The van der Waals surface area contributed by atoms with Crippen molar-refractivity contribution >= 4 is 24.0 Å². The van der Waals surface area contributed by atoms with Crippen molar-refractivity contribution in [3.63, 3.8) is 0 Å². The maximum atomic E-state index is 12.0. The summed E-state index contributed by atoms with van der Waals surface area (Å²) in [5.74, 6) is -0.0685. The number of benzene rings is 1. The van der Waals surface area contributed by atoms with Crippen LogP contribution in [0.2, 0.25) is 0 Å². The lowest BCUT2D eigenvalue weighted by atomic mass is 10.1. The number of nitrogens with zero attached hydrogens (tertiary/aromatic N) is 1. The molecule has 22 heavy (non-hydrogen) atoms. The van der Waals surface area contributed by atoms with E-state index in [-0.39, 0.29) is 30.1 Å². The second kappa shape index (κ2) is 8.87. The Balaban J connectivity index is 0.00000242. The van der Waals surface area contributed by atoms with E-state index in [1.165, 1.54) is 24.3 Å². The second-order valence-electron chi connectivity index (χ2n) is 5.06. The van der Waals surface area contributed by atoms with Crippen LogP contribution in [-0.2, 0) is 4.79 Å². The SMILES string of the molecule is Cl.NC1CCN(CC(=O)Nc2ccc(OC(F)F)cc2)CC1. The molecule has 3 N–H and O–H groups in total. The number of alkyl halides is 2. The highest BCUT2D eigenvalue weighted by Gasteiger charge is 2.18. The summed E-state index contributed by atoms with van der Waals surface area (Å²) in [6.07, 6.45) is 1.79. The summed E-state index contributed by atoms with van der Waals surface area (Å²) in [5.41, 5.74) is 6.36. The Morgan fingerprint density at radius 1 is 1.32 bits per heavy atom. The fraction of sp³-hybridized carbons (Fsp3) is 0.500. The van der Waals surface area contributed by atoms with Crippen molar-refractivity contribution < 1.29 is 18.3 Å². The van der Waals surface area contributed by atoms with Crippen LogP contribution < -0.4 is 15.8 Å². The smallest absolute Gasteiger partial charge is 0.387 e. The average Bonchev–Trinajstić information content (AvgIpc) is 2.43. The van der Waals surface area contributed by atoms with Gasteiger partial charge in [0.2, 0.25) is 5.91 Å². The fourth-order valence-corrected chi connectivity index (χ4v) is 2.23. The Labute approximate surface area is 134 Å². The summed E-state index contributed by atoms with van der Waals surface area (Å²) in [7, 11) is 0. The van der Waals surface area contributed by atoms with Crippen LogP contribution in [0.25, 0.3) is 0 Å². The first-order valence-corrected chi connectivity index (χ1v) is 6.85. The van der Waals surface area contributed by atoms with Gasteiger partial charge in [0.15, 0.2) is 0 Å². The van der Waals surface area contributed by atoms with Gasteiger partial charge in [-0.2, -0.15) is 8.78 Å². The molecule has 1 fully saturated rings. The molecule has 0 spiro atoms. The van der Waals surface area contributed by atoms with Crippen molar-refractivity contribution in [2.45, 2.75) is 25.5 Å². The monoisotopic (exact) mass is 335 g/mol. The van der Waals surface area contributed by atoms with Crippen molar-refractivity contribution in [2.75, 3.05) is 25.0 Å². The van der Waals surface area contributed by atoms with Gasteiger partial charge in [-0.1, -0.05) is 0 Å². The lowest BCUT2D eigenvalue weighted by Gasteiger charge is -2.29. The van der Waals surface area contributed by atoms with E-state index >= 15 is 0 Å². The number of carbonyl (C=O) groups excluding carboxylic acids is 1. The first kappa shape index (κ1) is 18.6. The van der Waals surface area contributed by atoms with Gasteiger partial charge in [-0.25, -0.2) is 0 Å². The van der Waals surface area contributed by atoms with Gasteiger partial charge >= 0.3 is 6.61 Å². The highest BCUT2D eigenvalue weighted by molar-refractivity contribution is 5.92. The summed E-state index contributed by atoms with van der Waals surface area (Å²) < 4.78 is 28.3. The summed E-state index contributed by atoms with van der Waals surface area (Å²) in [5, 5.41) is 2.73. The minimum atomic E-state index is -2.85. The normalized spacial score (nSPS) is 16.2. The van der Waals surface area contributed by atoms with Crippen LogP contribution in [0.3, 0.4) is 0 Å². The first-order chi connectivity index (χ1) is 10.0. The highest BCUT2D eigenvalue weighted by atomic mass is 35.5. The number of halogens is 3. The number of nitrogens with one attached hydrogen (secondary N) is 1. The molecule has 0 radical (unpaired) electrons. The molecule has 0 aromatic heterocycles. The fourth-order valence-electron chi connectivity index (χ4n) is 2.23. The van der Waals surface area contributed by atoms with Crippen LogP contribution in [0.15, 0.2) is 24.3 Å². The molecule has 1 aromatic rings. The quantitative estimate of drug-likeness (QED) is 0.864. The largest absolute Gasteiger partial charge is 0.435 e. The van der Waals surface area contributed by atoms with Crippen LogP contribution in [0.5, 0.6) is 5.75 Å². The van der Waals surface area contributed by atoms with Crippen molar-refractivity contribution in [3.8, 4) is 5.75 Å².